The van der Waals surface area contributed by atoms with Crippen LogP contribution in [0.1, 0.15) is 59.3 Å². The van der Waals surface area contributed by atoms with E-state index in [9.17, 15) is 9.59 Å². The van der Waals surface area contributed by atoms with Crippen LogP contribution in [-0.4, -0.2) is 53.0 Å². The van der Waals surface area contributed by atoms with Gasteiger partial charge in [0.1, 0.15) is 0 Å². The molecule has 3 saturated heterocycles. The van der Waals surface area contributed by atoms with Crippen LogP contribution in [0.4, 0.5) is 0 Å². The molecule has 0 radical (unpaired) electrons. The molecule has 22 heavy (non-hydrogen) atoms. The maximum atomic E-state index is 12.4. The Morgan fingerprint density at radius 3 is 2.55 bits per heavy atom. The molecule has 0 bridgehead atoms. The molecule has 0 aromatic rings. The summed E-state index contributed by atoms with van der Waals surface area (Å²) in [4.78, 5) is 29.0. The maximum Gasteiger partial charge on any atom is 0.238 e. The van der Waals surface area contributed by atoms with E-state index in [0.717, 1.165) is 45.3 Å². The van der Waals surface area contributed by atoms with Gasteiger partial charge in [0.05, 0.1) is 11.7 Å². The van der Waals surface area contributed by atoms with Gasteiger partial charge in [-0.15, -0.1) is 0 Å². The average Bonchev–Trinajstić information content (AvgIpc) is 2.71. The Hall–Kier alpha value is -1.10. The van der Waals surface area contributed by atoms with Crippen LogP contribution in [0, 0.1) is 5.41 Å². The van der Waals surface area contributed by atoms with Crippen molar-refractivity contribution in [3.05, 3.63) is 0 Å². The fourth-order valence-electron chi connectivity index (χ4n) is 4.20. The Labute approximate surface area is 133 Å². The lowest BCUT2D eigenvalue weighted by Gasteiger charge is -2.46. The molecule has 1 spiro atoms. The molecule has 3 rings (SSSR count). The van der Waals surface area contributed by atoms with Gasteiger partial charge in [-0.1, -0.05) is 27.2 Å². The molecule has 0 aliphatic carbocycles. The van der Waals surface area contributed by atoms with Crippen molar-refractivity contribution in [2.45, 2.75) is 71.0 Å². The Kier molecular flexibility index (Phi) is 3.96. The summed E-state index contributed by atoms with van der Waals surface area (Å²) in [6.45, 7) is 8.85. The number of rotatable bonds is 1. The highest BCUT2D eigenvalue weighted by atomic mass is 16.2. The molecule has 0 saturated carbocycles. The number of carbonyl (C=O) groups excluding carboxylic acids is 2. The number of likely N-dealkylation sites (tertiary alicyclic amines) is 1. The standard InChI is InChI=1S/C17H29N3O2/c1-16(2,3)12-14(21)19-10-7-17(8-11-19)18-15(22)13-6-4-5-9-20(13)17/h13H,4-12H2,1-3H3,(H,18,22)/t13-/m0/s1. The number of fused-ring (bicyclic) bond motifs is 2. The van der Waals surface area contributed by atoms with Crippen molar-refractivity contribution in [2.75, 3.05) is 19.6 Å². The molecule has 124 valence electrons. The molecule has 2 amide bonds. The van der Waals surface area contributed by atoms with E-state index in [0.29, 0.717) is 6.42 Å². The van der Waals surface area contributed by atoms with Crippen LogP contribution in [0.5, 0.6) is 0 Å². The van der Waals surface area contributed by atoms with Crippen molar-refractivity contribution < 1.29 is 9.59 Å². The van der Waals surface area contributed by atoms with Gasteiger partial charge >= 0.3 is 0 Å². The van der Waals surface area contributed by atoms with Crippen LogP contribution in [0.15, 0.2) is 0 Å². The second-order valence-electron chi connectivity index (χ2n) is 8.34. The third kappa shape index (κ3) is 2.87. The van der Waals surface area contributed by atoms with Crippen LogP contribution in [-0.2, 0) is 9.59 Å². The van der Waals surface area contributed by atoms with Crippen LogP contribution < -0.4 is 5.32 Å². The summed E-state index contributed by atoms with van der Waals surface area (Å²) in [5.41, 5.74) is -0.146. The monoisotopic (exact) mass is 307 g/mol. The number of hydrogen-bond acceptors (Lipinski definition) is 3. The molecule has 5 heteroatoms. The summed E-state index contributed by atoms with van der Waals surface area (Å²) in [6.07, 6.45) is 5.65. The van der Waals surface area contributed by atoms with E-state index in [4.69, 9.17) is 0 Å². The van der Waals surface area contributed by atoms with Gasteiger partial charge in [0.2, 0.25) is 11.8 Å². The van der Waals surface area contributed by atoms with E-state index in [1.807, 2.05) is 4.90 Å². The number of nitrogens with one attached hydrogen (secondary N) is 1. The van der Waals surface area contributed by atoms with Gasteiger partial charge < -0.3 is 10.2 Å². The molecular formula is C17H29N3O2. The van der Waals surface area contributed by atoms with Gasteiger partial charge in [-0.3, -0.25) is 14.5 Å². The Morgan fingerprint density at radius 1 is 1.23 bits per heavy atom. The van der Waals surface area contributed by atoms with Gasteiger partial charge in [-0.25, -0.2) is 0 Å². The average molecular weight is 307 g/mol. The molecule has 1 N–H and O–H groups in total. The van der Waals surface area contributed by atoms with Gasteiger partial charge in [-0.05, 0) is 18.3 Å². The smallest absolute Gasteiger partial charge is 0.238 e. The Balaban J connectivity index is 1.64. The van der Waals surface area contributed by atoms with Crippen molar-refractivity contribution in [3.8, 4) is 0 Å². The second kappa shape index (κ2) is 5.52. The molecule has 3 heterocycles. The Bertz CT molecular complexity index is 461. The first-order valence-corrected chi connectivity index (χ1v) is 8.67. The minimum atomic E-state index is -0.180. The first-order chi connectivity index (χ1) is 10.3. The third-order valence-corrected chi connectivity index (χ3v) is 5.34. The lowest BCUT2D eigenvalue weighted by Crippen LogP contribution is -2.60. The SMILES string of the molecule is CC(C)(C)CC(=O)N1CCC2(CC1)NC(=O)[C@@H]1CCCCN12. The maximum absolute atomic E-state index is 12.4. The van der Waals surface area contributed by atoms with E-state index in [1.54, 1.807) is 0 Å². The fraction of sp³-hybridized carbons (Fsp3) is 0.882. The molecule has 3 aliphatic rings. The topological polar surface area (TPSA) is 52.7 Å². The quantitative estimate of drug-likeness (QED) is 0.802. The molecule has 5 nitrogen and oxygen atoms in total. The molecule has 1 atom stereocenters. The first kappa shape index (κ1) is 15.8. The van der Waals surface area contributed by atoms with E-state index in [1.165, 1.54) is 6.42 Å². The minimum absolute atomic E-state index is 0.0335. The van der Waals surface area contributed by atoms with Crippen molar-refractivity contribution in [2.24, 2.45) is 5.41 Å². The zero-order valence-corrected chi connectivity index (χ0v) is 14.2. The molecule has 0 unspecified atom stereocenters. The van der Waals surface area contributed by atoms with Gasteiger partial charge in [0, 0.05) is 38.9 Å². The lowest BCUT2D eigenvalue weighted by molar-refractivity contribution is -0.136. The lowest BCUT2D eigenvalue weighted by atomic mass is 9.89. The summed E-state index contributed by atoms with van der Waals surface area (Å²) in [6, 6.07) is 0.0746. The summed E-state index contributed by atoms with van der Waals surface area (Å²) in [5, 5.41) is 3.27. The highest BCUT2D eigenvalue weighted by Gasteiger charge is 2.52. The number of piperidine rings is 2. The number of nitrogens with zero attached hydrogens (tertiary/aromatic N) is 2. The van der Waals surface area contributed by atoms with E-state index >= 15 is 0 Å². The molecule has 0 aromatic heterocycles. The van der Waals surface area contributed by atoms with Crippen LogP contribution in [0.2, 0.25) is 0 Å². The van der Waals surface area contributed by atoms with Crippen molar-refractivity contribution in [1.82, 2.24) is 15.1 Å². The first-order valence-electron chi connectivity index (χ1n) is 8.67. The predicted molar refractivity (Wildman–Crippen MR) is 85.1 cm³/mol. The summed E-state index contributed by atoms with van der Waals surface area (Å²) < 4.78 is 0. The highest BCUT2D eigenvalue weighted by molar-refractivity contribution is 5.85. The van der Waals surface area contributed by atoms with Crippen molar-refractivity contribution in [3.63, 3.8) is 0 Å². The summed E-state index contributed by atoms with van der Waals surface area (Å²) in [5.74, 6) is 0.455. The number of carbonyl (C=O) groups is 2. The summed E-state index contributed by atoms with van der Waals surface area (Å²) >= 11 is 0. The van der Waals surface area contributed by atoms with Crippen LogP contribution in [0.25, 0.3) is 0 Å². The highest BCUT2D eigenvalue weighted by Crippen LogP contribution is 2.37. The molecule has 3 fully saturated rings. The van der Waals surface area contributed by atoms with Crippen LogP contribution in [0.3, 0.4) is 0 Å². The molecular weight excluding hydrogens is 278 g/mol. The normalized spacial score (nSPS) is 28.6. The van der Waals surface area contributed by atoms with Crippen molar-refractivity contribution in [1.29, 1.82) is 0 Å². The predicted octanol–water partition coefficient (Wildman–Crippen LogP) is 1.73. The van der Waals surface area contributed by atoms with Gasteiger partial charge in [0.25, 0.3) is 0 Å². The largest absolute Gasteiger partial charge is 0.342 e. The second-order valence-corrected chi connectivity index (χ2v) is 8.34. The zero-order chi connectivity index (χ0) is 16.0. The fourth-order valence-corrected chi connectivity index (χ4v) is 4.20. The summed E-state index contributed by atoms with van der Waals surface area (Å²) in [7, 11) is 0. The zero-order valence-electron chi connectivity index (χ0n) is 14.2. The third-order valence-electron chi connectivity index (χ3n) is 5.34. The van der Waals surface area contributed by atoms with Gasteiger partial charge in [0.15, 0.2) is 0 Å². The number of amides is 2. The van der Waals surface area contributed by atoms with Crippen LogP contribution >= 0.6 is 0 Å². The Morgan fingerprint density at radius 2 is 1.91 bits per heavy atom. The van der Waals surface area contributed by atoms with Crippen molar-refractivity contribution >= 4 is 11.8 Å². The molecule has 0 aromatic carbocycles. The van der Waals surface area contributed by atoms with E-state index in [2.05, 4.69) is 31.0 Å². The van der Waals surface area contributed by atoms with Gasteiger partial charge in [-0.2, -0.15) is 0 Å². The minimum Gasteiger partial charge on any atom is -0.342 e. The number of hydrogen-bond donors (Lipinski definition) is 1. The van der Waals surface area contributed by atoms with E-state index in [-0.39, 0.29) is 28.9 Å². The molecule has 3 aliphatic heterocycles. The van der Waals surface area contributed by atoms with E-state index < -0.39 is 0 Å².